The van der Waals surface area contributed by atoms with Gasteiger partial charge >= 0.3 is 0 Å². The van der Waals surface area contributed by atoms with Gasteiger partial charge in [-0.15, -0.1) is 0 Å². The fraction of sp³-hybridized carbons (Fsp3) is 0.412. The Kier molecular flexibility index (Phi) is 3.76. The fourth-order valence-electron chi connectivity index (χ4n) is 3.46. The van der Waals surface area contributed by atoms with Crippen molar-refractivity contribution in [3.05, 3.63) is 34.9 Å². The third-order valence-corrected chi connectivity index (χ3v) is 4.75. The normalized spacial score (nSPS) is 23.0. The molecule has 25 heavy (non-hydrogen) atoms. The summed E-state index contributed by atoms with van der Waals surface area (Å²) in [5, 5.41) is 3.60. The SMILES string of the molecule is O=C1CCC(N2Cc3cc(C(=O)N4CCCO4)ccc3C2=O)C(=O)N1. The van der Waals surface area contributed by atoms with Crippen LogP contribution in [0.15, 0.2) is 18.2 Å². The number of carbonyl (C=O) groups is 4. The summed E-state index contributed by atoms with van der Waals surface area (Å²) in [6.07, 6.45) is 1.34. The maximum absolute atomic E-state index is 12.6. The summed E-state index contributed by atoms with van der Waals surface area (Å²) in [5.41, 5.74) is 1.65. The number of nitrogens with zero attached hydrogens (tertiary/aromatic N) is 2. The smallest absolute Gasteiger partial charge is 0.277 e. The minimum Gasteiger partial charge on any atom is -0.322 e. The second kappa shape index (κ2) is 5.96. The molecule has 0 aromatic heterocycles. The van der Waals surface area contributed by atoms with Gasteiger partial charge in [0.2, 0.25) is 11.8 Å². The van der Waals surface area contributed by atoms with Crippen LogP contribution in [-0.2, 0) is 21.0 Å². The number of hydrogen-bond acceptors (Lipinski definition) is 5. The van der Waals surface area contributed by atoms with Crippen molar-refractivity contribution in [2.24, 2.45) is 0 Å². The summed E-state index contributed by atoms with van der Waals surface area (Å²) < 4.78 is 0. The molecule has 130 valence electrons. The Labute approximate surface area is 143 Å². The first-order chi connectivity index (χ1) is 12.0. The molecule has 0 radical (unpaired) electrons. The highest BCUT2D eigenvalue weighted by Crippen LogP contribution is 2.28. The van der Waals surface area contributed by atoms with Gasteiger partial charge < -0.3 is 4.90 Å². The van der Waals surface area contributed by atoms with E-state index in [1.807, 2.05) is 0 Å². The number of amides is 4. The van der Waals surface area contributed by atoms with Gasteiger partial charge in [0.25, 0.3) is 11.8 Å². The second-order valence-corrected chi connectivity index (χ2v) is 6.37. The fourth-order valence-corrected chi connectivity index (χ4v) is 3.46. The number of imide groups is 1. The van der Waals surface area contributed by atoms with Crippen molar-refractivity contribution in [3.8, 4) is 0 Å². The predicted octanol–water partition coefficient (Wildman–Crippen LogP) is 0.225. The lowest BCUT2D eigenvalue weighted by Crippen LogP contribution is -2.52. The van der Waals surface area contributed by atoms with Crippen molar-refractivity contribution in [3.63, 3.8) is 0 Å². The number of carbonyl (C=O) groups excluding carboxylic acids is 4. The van der Waals surface area contributed by atoms with E-state index in [0.717, 1.165) is 6.42 Å². The van der Waals surface area contributed by atoms with Crippen LogP contribution >= 0.6 is 0 Å². The Balaban J connectivity index is 1.56. The Hall–Kier alpha value is -2.74. The van der Waals surface area contributed by atoms with Crippen LogP contribution in [0.1, 0.15) is 45.5 Å². The van der Waals surface area contributed by atoms with Crippen molar-refractivity contribution in [2.45, 2.75) is 31.8 Å². The molecule has 1 N–H and O–H groups in total. The maximum Gasteiger partial charge on any atom is 0.277 e. The van der Waals surface area contributed by atoms with Gasteiger partial charge in [-0.05, 0) is 36.6 Å². The number of piperidine rings is 1. The lowest BCUT2D eigenvalue weighted by molar-refractivity contribution is -0.136. The maximum atomic E-state index is 12.6. The summed E-state index contributed by atoms with van der Waals surface area (Å²) >= 11 is 0. The average Bonchev–Trinajstić information content (AvgIpc) is 3.23. The summed E-state index contributed by atoms with van der Waals surface area (Å²) in [6.45, 7) is 1.33. The van der Waals surface area contributed by atoms with Crippen LogP contribution < -0.4 is 5.32 Å². The zero-order valence-electron chi connectivity index (χ0n) is 13.5. The molecule has 1 aromatic rings. The van der Waals surface area contributed by atoms with E-state index in [4.69, 9.17) is 4.84 Å². The minimum atomic E-state index is -0.654. The number of benzene rings is 1. The standard InChI is InChI=1S/C17H17N3O5/c21-14-5-4-13(15(22)18-14)19-9-11-8-10(2-3-12(11)17(19)24)16(23)20-6-1-7-25-20/h2-3,8,13H,1,4-7,9H2,(H,18,21,22). The second-order valence-electron chi connectivity index (χ2n) is 6.37. The molecule has 0 saturated carbocycles. The lowest BCUT2D eigenvalue weighted by Gasteiger charge is -2.29. The van der Waals surface area contributed by atoms with Gasteiger partial charge in [-0.3, -0.25) is 29.3 Å². The van der Waals surface area contributed by atoms with Crippen molar-refractivity contribution in [1.29, 1.82) is 0 Å². The molecule has 2 saturated heterocycles. The van der Waals surface area contributed by atoms with E-state index in [0.29, 0.717) is 36.3 Å². The van der Waals surface area contributed by atoms with Gasteiger partial charge in [-0.2, -0.15) is 0 Å². The zero-order chi connectivity index (χ0) is 17.6. The summed E-state index contributed by atoms with van der Waals surface area (Å²) in [5.74, 6) is -1.24. The molecule has 1 unspecified atom stereocenters. The molecular formula is C17H17N3O5. The molecular weight excluding hydrogens is 326 g/mol. The van der Waals surface area contributed by atoms with Gasteiger partial charge in [0.05, 0.1) is 13.2 Å². The monoisotopic (exact) mass is 343 g/mol. The van der Waals surface area contributed by atoms with Gasteiger partial charge in [0.1, 0.15) is 6.04 Å². The van der Waals surface area contributed by atoms with E-state index >= 15 is 0 Å². The quantitative estimate of drug-likeness (QED) is 0.775. The minimum absolute atomic E-state index is 0.215. The van der Waals surface area contributed by atoms with Crippen molar-refractivity contribution in [1.82, 2.24) is 15.3 Å². The first-order valence-corrected chi connectivity index (χ1v) is 8.27. The Bertz CT molecular complexity index is 784. The number of rotatable bonds is 2. The van der Waals surface area contributed by atoms with Gasteiger partial charge in [0, 0.05) is 24.1 Å². The third kappa shape index (κ3) is 2.68. The van der Waals surface area contributed by atoms with E-state index in [-0.39, 0.29) is 30.7 Å². The first-order valence-electron chi connectivity index (χ1n) is 8.27. The van der Waals surface area contributed by atoms with E-state index < -0.39 is 11.9 Å². The predicted molar refractivity (Wildman–Crippen MR) is 84.1 cm³/mol. The molecule has 1 atom stereocenters. The Morgan fingerprint density at radius 2 is 2.08 bits per heavy atom. The number of hydroxylamine groups is 2. The van der Waals surface area contributed by atoms with E-state index in [2.05, 4.69) is 5.32 Å². The van der Waals surface area contributed by atoms with E-state index in [1.165, 1.54) is 9.96 Å². The number of nitrogens with one attached hydrogen (secondary N) is 1. The van der Waals surface area contributed by atoms with Crippen LogP contribution in [0, 0.1) is 0 Å². The molecule has 3 aliphatic rings. The molecule has 8 nitrogen and oxygen atoms in total. The number of hydrogen-bond donors (Lipinski definition) is 1. The van der Waals surface area contributed by atoms with Crippen LogP contribution in [0.2, 0.25) is 0 Å². The van der Waals surface area contributed by atoms with Crippen LogP contribution in [-0.4, -0.2) is 52.8 Å². The molecule has 0 aliphatic carbocycles. The van der Waals surface area contributed by atoms with Crippen LogP contribution in [0.4, 0.5) is 0 Å². The van der Waals surface area contributed by atoms with Crippen LogP contribution in [0.25, 0.3) is 0 Å². The Morgan fingerprint density at radius 3 is 2.80 bits per heavy atom. The van der Waals surface area contributed by atoms with Crippen molar-refractivity contribution < 1.29 is 24.0 Å². The molecule has 0 spiro atoms. The largest absolute Gasteiger partial charge is 0.322 e. The molecule has 1 aromatic carbocycles. The van der Waals surface area contributed by atoms with Gasteiger partial charge in [0.15, 0.2) is 0 Å². The third-order valence-electron chi connectivity index (χ3n) is 4.75. The van der Waals surface area contributed by atoms with Crippen LogP contribution in [0.5, 0.6) is 0 Å². The van der Waals surface area contributed by atoms with E-state index in [1.54, 1.807) is 18.2 Å². The molecule has 2 fully saturated rings. The lowest BCUT2D eigenvalue weighted by atomic mass is 10.0. The average molecular weight is 343 g/mol. The number of fused-ring (bicyclic) bond motifs is 1. The molecule has 0 bridgehead atoms. The zero-order valence-corrected chi connectivity index (χ0v) is 13.5. The van der Waals surface area contributed by atoms with Gasteiger partial charge in [-0.25, -0.2) is 5.06 Å². The van der Waals surface area contributed by atoms with Crippen LogP contribution in [0.3, 0.4) is 0 Å². The molecule has 3 heterocycles. The molecule has 4 amide bonds. The highest BCUT2D eigenvalue weighted by atomic mass is 16.7. The topological polar surface area (TPSA) is 96.0 Å². The molecule has 8 heteroatoms. The highest BCUT2D eigenvalue weighted by molar-refractivity contribution is 6.06. The summed E-state index contributed by atoms with van der Waals surface area (Å²) in [6, 6.07) is 4.25. The molecule has 3 aliphatic heterocycles. The first kappa shape index (κ1) is 15.8. The summed E-state index contributed by atoms with van der Waals surface area (Å²) in [7, 11) is 0. The molecule has 4 rings (SSSR count). The van der Waals surface area contributed by atoms with E-state index in [9.17, 15) is 19.2 Å². The Morgan fingerprint density at radius 1 is 1.24 bits per heavy atom. The van der Waals surface area contributed by atoms with Gasteiger partial charge in [-0.1, -0.05) is 0 Å². The summed E-state index contributed by atoms with van der Waals surface area (Å²) in [4.78, 5) is 55.1. The van der Waals surface area contributed by atoms with Crippen molar-refractivity contribution in [2.75, 3.05) is 13.2 Å². The highest BCUT2D eigenvalue weighted by Gasteiger charge is 2.39. The van der Waals surface area contributed by atoms with Crippen molar-refractivity contribution >= 4 is 23.6 Å².